The van der Waals surface area contributed by atoms with Crippen molar-refractivity contribution in [2.45, 2.75) is 24.8 Å². The Bertz CT molecular complexity index is 1710. The summed E-state index contributed by atoms with van der Waals surface area (Å²) in [6.45, 7) is 4.49. The molecule has 0 amide bonds. The lowest BCUT2D eigenvalue weighted by molar-refractivity contribution is 0.626. The van der Waals surface area contributed by atoms with E-state index in [-0.39, 0.29) is 5.41 Å². The van der Waals surface area contributed by atoms with Crippen molar-refractivity contribution in [2.75, 3.05) is 0 Å². The van der Waals surface area contributed by atoms with Crippen molar-refractivity contribution in [3.63, 3.8) is 0 Å². The largest absolute Gasteiger partial charge is 0.362 e. The number of hydrogen-bond donors (Lipinski definition) is 1. The van der Waals surface area contributed by atoms with E-state index in [0.29, 0.717) is 0 Å². The number of allylic oxidation sites excluding steroid dienone is 1. The molecule has 0 bridgehead atoms. The van der Waals surface area contributed by atoms with Crippen LogP contribution < -0.4 is 5.32 Å². The molecule has 35 heavy (non-hydrogen) atoms. The van der Waals surface area contributed by atoms with Crippen LogP contribution in [0.3, 0.4) is 0 Å². The zero-order chi connectivity index (χ0) is 23.7. The van der Waals surface area contributed by atoms with Crippen LogP contribution in [0.15, 0.2) is 108 Å². The summed E-state index contributed by atoms with van der Waals surface area (Å²) in [5.41, 5.74) is 9.34. The lowest BCUT2D eigenvalue weighted by Crippen LogP contribution is -2.35. The molecule has 1 N–H and O–H groups in total. The normalized spacial score (nSPS) is 18.4. The molecule has 2 aliphatic rings. The number of aromatic nitrogens is 1. The topological polar surface area (TPSA) is 29.3 Å². The molecule has 0 saturated heterocycles. The number of nitrogens with one attached hydrogen (secondary N) is 1. The van der Waals surface area contributed by atoms with Crippen molar-refractivity contribution in [2.24, 2.45) is 4.99 Å². The van der Waals surface area contributed by atoms with Crippen LogP contribution in [0.5, 0.6) is 0 Å². The smallest absolute Gasteiger partial charge is 0.145 e. The standard InChI is InChI=1S/C31H24ClN3/c1-31(2)23-16-8-6-13-20(23)27-29(31)33-28(30(32)34-27)22-15-10-18-25-26(22)21-14-7-9-17-24(21)35(25)19-11-4-3-5-12-19/h3-18,30,34H,1-2H3. The Morgan fingerprint density at radius 3 is 2.31 bits per heavy atom. The maximum absolute atomic E-state index is 7.04. The van der Waals surface area contributed by atoms with E-state index in [1.165, 1.54) is 27.4 Å². The van der Waals surface area contributed by atoms with Gasteiger partial charge in [0.1, 0.15) is 5.50 Å². The van der Waals surface area contributed by atoms with Gasteiger partial charge in [0, 0.05) is 33.0 Å². The Morgan fingerprint density at radius 1 is 0.771 bits per heavy atom. The molecular weight excluding hydrogens is 450 g/mol. The van der Waals surface area contributed by atoms with Crippen molar-refractivity contribution < 1.29 is 0 Å². The van der Waals surface area contributed by atoms with E-state index in [4.69, 9.17) is 16.6 Å². The fourth-order valence-corrected chi connectivity index (χ4v) is 6.09. The summed E-state index contributed by atoms with van der Waals surface area (Å²) in [6, 6.07) is 34.1. The minimum Gasteiger partial charge on any atom is -0.362 e. The molecule has 1 unspecified atom stereocenters. The molecule has 7 rings (SSSR count). The van der Waals surface area contributed by atoms with Gasteiger partial charge in [-0.05, 0) is 29.8 Å². The van der Waals surface area contributed by atoms with Crippen LogP contribution in [0.25, 0.3) is 33.2 Å². The minimum absolute atomic E-state index is 0.201. The van der Waals surface area contributed by atoms with Crippen LogP contribution in [0, 0.1) is 0 Å². The van der Waals surface area contributed by atoms with Crippen molar-refractivity contribution in [3.8, 4) is 5.69 Å². The van der Waals surface area contributed by atoms with Crippen LogP contribution in [0.1, 0.15) is 30.5 Å². The molecule has 1 aliphatic carbocycles. The quantitative estimate of drug-likeness (QED) is 0.210. The first-order valence-electron chi connectivity index (χ1n) is 12.0. The molecule has 0 radical (unpaired) electrons. The van der Waals surface area contributed by atoms with E-state index in [0.717, 1.165) is 33.9 Å². The molecule has 0 spiro atoms. The Hall–Kier alpha value is -3.82. The number of benzene rings is 4. The summed E-state index contributed by atoms with van der Waals surface area (Å²) in [5.74, 6) is 0. The Morgan fingerprint density at radius 2 is 1.46 bits per heavy atom. The fourth-order valence-electron chi connectivity index (χ4n) is 5.81. The highest BCUT2D eigenvalue weighted by Gasteiger charge is 2.41. The van der Waals surface area contributed by atoms with Crippen molar-refractivity contribution >= 4 is 44.8 Å². The van der Waals surface area contributed by atoms with Crippen molar-refractivity contribution in [3.05, 3.63) is 119 Å². The van der Waals surface area contributed by atoms with Gasteiger partial charge in [0.2, 0.25) is 0 Å². The van der Waals surface area contributed by atoms with Gasteiger partial charge >= 0.3 is 0 Å². The SMILES string of the molecule is CC1(C)C2=C(NC(Cl)C(c3cccc4c3c3ccccc3n4-c3ccccc3)=N2)c2ccccc21. The third kappa shape index (κ3) is 2.82. The maximum Gasteiger partial charge on any atom is 0.145 e. The molecule has 1 atom stereocenters. The van der Waals surface area contributed by atoms with Crippen LogP contribution in [-0.4, -0.2) is 15.8 Å². The number of para-hydroxylation sites is 2. The molecule has 0 saturated carbocycles. The summed E-state index contributed by atoms with van der Waals surface area (Å²) >= 11 is 7.04. The summed E-state index contributed by atoms with van der Waals surface area (Å²) in [5, 5.41) is 5.97. The van der Waals surface area contributed by atoms with Gasteiger partial charge in [-0.15, -0.1) is 0 Å². The van der Waals surface area contributed by atoms with Gasteiger partial charge in [-0.25, -0.2) is 0 Å². The lowest BCUT2D eigenvalue weighted by atomic mass is 9.84. The molecule has 5 aromatic rings. The van der Waals surface area contributed by atoms with Crippen molar-refractivity contribution in [1.29, 1.82) is 0 Å². The van der Waals surface area contributed by atoms with Gasteiger partial charge in [0.15, 0.2) is 0 Å². The molecule has 2 heterocycles. The van der Waals surface area contributed by atoms with Gasteiger partial charge < -0.3 is 9.88 Å². The first kappa shape index (κ1) is 20.5. The second-order valence-electron chi connectivity index (χ2n) is 9.79. The van der Waals surface area contributed by atoms with Gasteiger partial charge in [0.05, 0.1) is 28.1 Å². The van der Waals surface area contributed by atoms with Gasteiger partial charge in [-0.3, -0.25) is 4.99 Å². The lowest BCUT2D eigenvalue weighted by Gasteiger charge is -2.27. The van der Waals surface area contributed by atoms with E-state index < -0.39 is 5.50 Å². The molecule has 1 aromatic heterocycles. The average molecular weight is 474 g/mol. The summed E-state index contributed by atoms with van der Waals surface area (Å²) in [4.78, 5) is 5.29. The summed E-state index contributed by atoms with van der Waals surface area (Å²) in [6.07, 6.45) is 0. The average Bonchev–Trinajstić information content (AvgIpc) is 3.34. The molecule has 0 fully saturated rings. The Labute approximate surface area is 209 Å². The monoisotopic (exact) mass is 473 g/mol. The highest BCUT2D eigenvalue weighted by atomic mass is 35.5. The van der Waals surface area contributed by atoms with Gasteiger partial charge in [0.25, 0.3) is 0 Å². The Kier molecular flexibility index (Phi) is 4.31. The van der Waals surface area contributed by atoms with Crippen LogP contribution in [-0.2, 0) is 5.41 Å². The van der Waals surface area contributed by atoms with Crippen LogP contribution >= 0.6 is 11.6 Å². The highest BCUT2D eigenvalue weighted by molar-refractivity contribution is 6.38. The predicted octanol–water partition coefficient (Wildman–Crippen LogP) is 7.40. The number of alkyl halides is 1. The number of nitrogens with zero attached hydrogens (tertiary/aromatic N) is 2. The second kappa shape index (κ2) is 7.34. The Balaban J connectivity index is 1.51. The summed E-state index contributed by atoms with van der Waals surface area (Å²) < 4.78 is 2.33. The third-order valence-corrected chi connectivity index (χ3v) is 7.75. The van der Waals surface area contributed by atoms with E-state index in [9.17, 15) is 0 Å². The predicted molar refractivity (Wildman–Crippen MR) is 146 cm³/mol. The first-order valence-corrected chi connectivity index (χ1v) is 12.4. The molecule has 4 heteroatoms. The maximum atomic E-state index is 7.04. The summed E-state index contributed by atoms with van der Waals surface area (Å²) in [7, 11) is 0. The number of rotatable bonds is 2. The first-order chi connectivity index (χ1) is 17.1. The minimum atomic E-state index is -0.430. The fraction of sp³-hybridized carbons (Fsp3) is 0.129. The van der Waals surface area contributed by atoms with E-state index in [1.807, 2.05) is 0 Å². The molecular formula is C31H24ClN3. The van der Waals surface area contributed by atoms with Crippen LogP contribution in [0.2, 0.25) is 0 Å². The third-order valence-electron chi connectivity index (χ3n) is 7.43. The number of aliphatic imine (C=N–C) groups is 1. The molecule has 1 aliphatic heterocycles. The molecule has 4 aromatic carbocycles. The number of hydrogen-bond acceptors (Lipinski definition) is 2. The van der Waals surface area contributed by atoms with E-state index in [1.54, 1.807) is 0 Å². The molecule has 3 nitrogen and oxygen atoms in total. The zero-order valence-corrected chi connectivity index (χ0v) is 20.3. The van der Waals surface area contributed by atoms with E-state index in [2.05, 4.69) is 121 Å². The van der Waals surface area contributed by atoms with Gasteiger partial charge in [-0.1, -0.05) is 98.2 Å². The van der Waals surface area contributed by atoms with Crippen LogP contribution in [0.4, 0.5) is 0 Å². The number of fused-ring (bicyclic) bond motifs is 5. The number of halogens is 1. The molecule has 170 valence electrons. The van der Waals surface area contributed by atoms with Crippen molar-refractivity contribution in [1.82, 2.24) is 9.88 Å². The highest BCUT2D eigenvalue weighted by Crippen LogP contribution is 2.48. The van der Waals surface area contributed by atoms with E-state index >= 15 is 0 Å². The van der Waals surface area contributed by atoms with Gasteiger partial charge in [-0.2, -0.15) is 0 Å². The second-order valence-corrected chi connectivity index (χ2v) is 10.2. The zero-order valence-electron chi connectivity index (χ0n) is 19.6.